The minimum atomic E-state index is -0.313. The number of fused-ring (bicyclic) bond motifs is 1. The summed E-state index contributed by atoms with van der Waals surface area (Å²) >= 11 is 1.63. The van der Waals surface area contributed by atoms with Gasteiger partial charge >= 0.3 is 0 Å². The van der Waals surface area contributed by atoms with Crippen molar-refractivity contribution in [2.24, 2.45) is 0 Å². The number of benzene rings is 1. The second-order valence-electron chi connectivity index (χ2n) is 4.20. The molecule has 0 saturated heterocycles. The summed E-state index contributed by atoms with van der Waals surface area (Å²) in [6.07, 6.45) is 0. The summed E-state index contributed by atoms with van der Waals surface area (Å²) in [6, 6.07) is 7.24. The van der Waals surface area contributed by atoms with Crippen LogP contribution < -0.4 is 5.32 Å². The van der Waals surface area contributed by atoms with E-state index < -0.39 is 0 Å². The van der Waals surface area contributed by atoms with Gasteiger partial charge in [-0.1, -0.05) is 5.16 Å². The highest BCUT2D eigenvalue weighted by molar-refractivity contribution is 7.18. The van der Waals surface area contributed by atoms with Crippen LogP contribution >= 0.6 is 11.3 Å². The molecule has 2 heterocycles. The third kappa shape index (κ3) is 2.34. The lowest BCUT2D eigenvalue weighted by Gasteiger charge is -2.01. The highest BCUT2D eigenvalue weighted by Gasteiger charge is 2.12. The topological polar surface area (TPSA) is 68.0 Å². The molecule has 0 aliphatic rings. The number of thiazole rings is 1. The fraction of sp³-hybridized carbons (Fsp3) is 0.154. The van der Waals surface area contributed by atoms with Crippen molar-refractivity contribution in [1.29, 1.82) is 0 Å². The first kappa shape index (κ1) is 11.9. The number of amides is 1. The number of nitrogens with one attached hydrogen (secondary N) is 1. The van der Waals surface area contributed by atoms with Crippen molar-refractivity contribution in [3.63, 3.8) is 0 Å². The van der Waals surface area contributed by atoms with Crippen molar-refractivity contribution in [3.8, 4) is 0 Å². The number of rotatable bonds is 2. The lowest BCUT2D eigenvalue weighted by Crippen LogP contribution is -2.10. The van der Waals surface area contributed by atoms with Gasteiger partial charge in [0.05, 0.1) is 20.9 Å². The second kappa shape index (κ2) is 4.47. The normalized spacial score (nSPS) is 10.8. The van der Waals surface area contributed by atoms with Gasteiger partial charge in [0, 0.05) is 11.8 Å². The van der Waals surface area contributed by atoms with E-state index in [1.54, 1.807) is 24.3 Å². The smallest absolute Gasteiger partial charge is 0.294 e. The molecule has 0 atom stereocenters. The van der Waals surface area contributed by atoms with E-state index in [9.17, 15) is 4.79 Å². The van der Waals surface area contributed by atoms with Crippen LogP contribution in [0, 0.1) is 13.8 Å². The Balaban J connectivity index is 1.86. The first-order valence-corrected chi connectivity index (χ1v) is 6.55. The standard InChI is InChI=1S/C13H11N3O2S/c1-7-5-11(18-16-7)13(17)15-9-3-4-12-10(6-9)14-8(2)19-12/h3-6H,1-2H3,(H,15,17). The average molecular weight is 273 g/mol. The molecule has 0 bridgehead atoms. The van der Waals surface area contributed by atoms with Gasteiger partial charge in [0.15, 0.2) is 0 Å². The molecule has 1 aromatic carbocycles. The molecule has 0 fully saturated rings. The maximum atomic E-state index is 11.9. The zero-order valence-corrected chi connectivity index (χ0v) is 11.2. The van der Waals surface area contributed by atoms with Gasteiger partial charge in [0.25, 0.3) is 5.91 Å². The molecule has 6 heteroatoms. The van der Waals surface area contributed by atoms with E-state index in [1.807, 2.05) is 25.1 Å². The van der Waals surface area contributed by atoms with Crippen molar-refractivity contribution in [2.75, 3.05) is 5.32 Å². The molecule has 1 amide bonds. The quantitative estimate of drug-likeness (QED) is 0.778. The zero-order valence-electron chi connectivity index (χ0n) is 10.4. The predicted octanol–water partition coefficient (Wildman–Crippen LogP) is 3.15. The van der Waals surface area contributed by atoms with Crippen molar-refractivity contribution in [2.45, 2.75) is 13.8 Å². The Bertz CT molecular complexity index is 760. The summed E-state index contributed by atoms with van der Waals surface area (Å²) in [4.78, 5) is 16.3. The van der Waals surface area contributed by atoms with Crippen LogP contribution in [0.4, 0.5) is 5.69 Å². The van der Waals surface area contributed by atoms with Gasteiger partial charge in [-0.3, -0.25) is 4.79 Å². The molecule has 96 valence electrons. The molecule has 3 rings (SSSR count). The van der Waals surface area contributed by atoms with E-state index in [0.29, 0.717) is 11.4 Å². The summed E-state index contributed by atoms with van der Waals surface area (Å²) in [7, 11) is 0. The highest BCUT2D eigenvalue weighted by Crippen LogP contribution is 2.24. The van der Waals surface area contributed by atoms with Gasteiger partial charge in [-0.05, 0) is 32.0 Å². The number of carbonyl (C=O) groups is 1. The van der Waals surface area contributed by atoms with E-state index >= 15 is 0 Å². The van der Waals surface area contributed by atoms with Gasteiger partial charge < -0.3 is 9.84 Å². The molecule has 0 aliphatic carbocycles. The molecule has 1 N–H and O–H groups in total. The molecular formula is C13H11N3O2S. The number of aryl methyl sites for hydroxylation is 2. The number of hydrogen-bond donors (Lipinski definition) is 1. The summed E-state index contributed by atoms with van der Waals surface area (Å²) in [6.45, 7) is 3.73. The molecule has 2 aromatic heterocycles. The Hall–Kier alpha value is -2.21. The number of carbonyl (C=O) groups excluding carboxylic acids is 1. The van der Waals surface area contributed by atoms with Crippen molar-refractivity contribution >= 4 is 33.1 Å². The number of hydrogen-bond acceptors (Lipinski definition) is 5. The van der Waals surface area contributed by atoms with Gasteiger partial charge in [0.1, 0.15) is 0 Å². The van der Waals surface area contributed by atoms with Crippen LogP contribution in [-0.2, 0) is 0 Å². The van der Waals surface area contributed by atoms with Gasteiger partial charge in [-0.25, -0.2) is 4.98 Å². The van der Waals surface area contributed by atoms with Crippen LogP contribution in [0.2, 0.25) is 0 Å². The third-order valence-corrected chi connectivity index (χ3v) is 3.56. The second-order valence-corrected chi connectivity index (χ2v) is 5.44. The SMILES string of the molecule is Cc1cc(C(=O)Nc2ccc3sc(C)nc3c2)on1. The molecule has 0 saturated carbocycles. The fourth-order valence-electron chi connectivity index (χ4n) is 1.78. The molecule has 0 aliphatic heterocycles. The fourth-order valence-corrected chi connectivity index (χ4v) is 2.59. The number of anilines is 1. The van der Waals surface area contributed by atoms with Gasteiger partial charge in [0.2, 0.25) is 5.76 Å². The molecule has 5 nitrogen and oxygen atoms in total. The zero-order chi connectivity index (χ0) is 13.4. The molecule has 0 radical (unpaired) electrons. The summed E-state index contributed by atoms with van der Waals surface area (Å²) in [5.41, 5.74) is 2.25. The summed E-state index contributed by atoms with van der Waals surface area (Å²) < 4.78 is 6.02. The van der Waals surface area contributed by atoms with Crippen molar-refractivity contribution in [3.05, 3.63) is 40.7 Å². The lowest BCUT2D eigenvalue weighted by molar-refractivity contribution is 0.0988. The van der Waals surface area contributed by atoms with E-state index in [-0.39, 0.29) is 11.7 Å². The highest BCUT2D eigenvalue weighted by atomic mass is 32.1. The minimum absolute atomic E-state index is 0.201. The van der Waals surface area contributed by atoms with E-state index in [0.717, 1.165) is 15.2 Å². The summed E-state index contributed by atoms with van der Waals surface area (Å²) in [5.74, 6) is -0.112. The van der Waals surface area contributed by atoms with Crippen molar-refractivity contribution < 1.29 is 9.32 Å². The first-order chi connectivity index (χ1) is 9.11. The maximum absolute atomic E-state index is 11.9. The Morgan fingerprint density at radius 1 is 1.32 bits per heavy atom. The van der Waals surface area contributed by atoms with E-state index in [4.69, 9.17) is 4.52 Å². The summed E-state index contributed by atoms with van der Waals surface area (Å²) in [5, 5.41) is 7.45. The Labute approximate surface area is 113 Å². The Morgan fingerprint density at radius 2 is 2.16 bits per heavy atom. The van der Waals surface area contributed by atoms with Crippen molar-refractivity contribution in [1.82, 2.24) is 10.1 Å². The van der Waals surface area contributed by atoms with E-state index in [1.165, 1.54) is 0 Å². The van der Waals surface area contributed by atoms with Gasteiger partial charge in [-0.2, -0.15) is 0 Å². The molecule has 19 heavy (non-hydrogen) atoms. The largest absolute Gasteiger partial charge is 0.351 e. The third-order valence-electron chi connectivity index (χ3n) is 2.60. The minimum Gasteiger partial charge on any atom is -0.351 e. The average Bonchev–Trinajstić information content (AvgIpc) is 2.93. The Kier molecular flexibility index (Phi) is 2.79. The van der Waals surface area contributed by atoms with Crippen LogP contribution in [0.15, 0.2) is 28.8 Å². The van der Waals surface area contributed by atoms with Crippen LogP contribution in [0.25, 0.3) is 10.2 Å². The van der Waals surface area contributed by atoms with Crippen LogP contribution in [-0.4, -0.2) is 16.0 Å². The molecule has 0 unspecified atom stereocenters. The monoisotopic (exact) mass is 273 g/mol. The maximum Gasteiger partial charge on any atom is 0.294 e. The number of nitrogens with zero attached hydrogens (tertiary/aromatic N) is 2. The first-order valence-electron chi connectivity index (χ1n) is 5.74. The lowest BCUT2D eigenvalue weighted by atomic mass is 10.3. The van der Waals surface area contributed by atoms with Crippen LogP contribution in [0.1, 0.15) is 21.3 Å². The number of aromatic nitrogens is 2. The molecule has 0 spiro atoms. The predicted molar refractivity (Wildman–Crippen MR) is 73.6 cm³/mol. The Morgan fingerprint density at radius 3 is 2.89 bits per heavy atom. The van der Waals surface area contributed by atoms with E-state index in [2.05, 4.69) is 15.5 Å². The van der Waals surface area contributed by atoms with Crippen LogP contribution in [0.3, 0.4) is 0 Å². The van der Waals surface area contributed by atoms with Crippen LogP contribution in [0.5, 0.6) is 0 Å². The van der Waals surface area contributed by atoms with Gasteiger partial charge in [-0.15, -0.1) is 11.3 Å². The molecular weight excluding hydrogens is 262 g/mol. The molecule has 3 aromatic rings.